The minimum Gasteiger partial charge on any atom is -0.321 e. The van der Waals surface area contributed by atoms with Crippen molar-refractivity contribution in [3.05, 3.63) is 49.6 Å². The number of carbonyl (C=O) groups is 1. The van der Waals surface area contributed by atoms with Crippen molar-refractivity contribution in [2.45, 2.75) is 40.0 Å². The van der Waals surface area contributed by atoms with Crippen LogP contribution in [0, 0.1) is 11.3 Å². The second-order valence-electron chi connectivity index (χ2n) is 7.44. The quantitative estimate of drug-likeness (QED) is 0.635. The van der Waals surface area contributed by atoms with Crippen molar-refractivity contribution >= 4 is 46.1 Å². The standard InChI is InChI=1S/C19H21Cl2NOS/c1-19(2,3)11-4-6-13-14(10-24-17(13)8-11)18(23)22-16-7-5-12(20)9-15(16)21/h5,7,9-11H,4,6,8H2,1-3H3,(H,22,23). The summed E-state index contributed by atoms with van der Waals surface area (Å²) < 4.78 is 0. The summed E-state index contributed by atoms with van der Waals surface area (Å²) in [5.74, 6) is 0.580. The molecule has 128 valence electrons. The van der Waals surface area contributed by atoms with Crippen molar-refractivity contribution in [3.63, 3.8) is 0 Å². The highest BCUT2D eigenvalue weighted by Crippen LogP contribution is 2.40. The SMILES string of the molecule is CC(C)(C)C1CCc2c(C(=O)Nc3ccc(Cl)cc3Cl)csc2C1. The molecule has 1 N–H and O–H groups in total. The highest BCUT2D eigenvalue weighted by Gasteiger charge is 2.31. The molecule has 1 atom stereocenters. The van der Waals surface area contributed by atoms with E-state index in [2.05, 4.69) is 26.1 Å². The molecular weight excluding hydrogens is 361 g/mol. The zero-order chi connectivity index (χ0) is 17.5. The first-order chi connectivity index (χ1) is 11.3. The molecule has 0 spiro atoms. The number of nitrogens with one attached hydrogen (secondary N) is 1. The van der Waals surface area contributed by atoms with Gasteiger partial charge in [-0.2, -0.15) is 0 Å². The Balaban J connectivity index is 1.79. The van der Waals surface area contributed by atoms with Crippen LogP contribution in [0.3, 0.4) is 0 Å². The number of hydrogen-bond donors (Lipinski definition) is 1. The minimum absolute atomic E-state index is 0.0917. The van der Waals surface area contributed by atoms with Crippen LogP contribution in [0.5, 0.6) is 0 Å². The predicted octanol–water partition coefficient (Wildman–Crippen LogP) is 6.46. The Labute approximate surface area is 157 Å². The van der Waals surface area contributed by atoms with Gasteiger partial charge in [-0.05, 0) is 54.4 Å². The predicted molar refractivity (Wildman–Crippen MR) is 104 cm³/mol. The average molecular weight is 382 g/mol. The molecule has 1 aliphatic rings. The van der Waals surface area contributed by atoms with Crippen LogP contribution in [-0.2, 0) is 12.8 Å². The van der Waals surface area contributed by atoms with Crippen LogP contribution in [0.4, 0.5) is 5.69 Å². The van der Waals surface area contributed by atoms with Crippen molar-refractivity contribution in [1.82, 2.24) is 0 Å². The lowest BCUT2D eigenvalue weighted by Crippen LogP contribution is -2.27. The highest BCUT2D eigenvalue weighted by molar-refractivity contribution is 7.10. The Morgan fingerprint density at radius 1 is 1.29 bits per heavy atom. The first-order valence-corrected chi connectivity index (χ1v) is 9.75. The zero-order valence-electron chi connectivity index (χ0n) is 14.1. The van der Waals surface area contributed by atoms with E-state index in [1.54, 1.807) is 29.5 Å². The van der Waals surface area contributed by atoms with Crippen molar-refractivity contribution in [1.29, 1.82) is 0 Å². The number of anilines is 1. The summed E-state index contributed by atoms with van der Waals surface area (Å²) in [6, 6.07) is 5.09. The summed E-state index contributed by atoms with van der Waals surface area (Å²) in [6.07, 6.45) is 3.17. The number of halogens is 2. The van der Waals surface area contributed by atoms with Gasteiger partial charge in [0.05, 0.1) is 16.3 Å². The molecule has 0 saturated heterocycles. The smallest absolute Gasteiger partial charge is 0.256 e. The maximum absolute atomic E-state index is 12.7. The van der Waals surface area contributed by atoms with E-state index >= 15 is 0 Å². The third-order valence-corrected chi connectivity index (χ3v) is 6.40. The Morgan fingerprint density at radius 2 is 2.04 bits per heavy atom. The van der Waals surface area contributed by atoms with Crippen molar-refractivity contribution < 1.29 is 4.79 Å². The van der Waals surface area contributed by atoms with E-state index in [0.29, 0.717) is 27.1 Å². The van der Waals surface area contributed by atoms with E-state index in [1.165, 1.54) is 10.4 Å². The number of amides is 1. The van der Waals surface area contributed by atoms with Crippen molar-refractivity contribution in [2.24, 2.45) is 11.3 Å². The number of carbonyl (C=O) groups excluding carboxylic acids is 1. The molecule has 5 heteroatoms. The van der Waals surface area contributed by atoms with Gasteiger partial charge in [0.25, 0.3) is 5.91 Å². The van der Waals surface area contributed by atoms with E-state index in [-0.39, 0.29) is 5.91 Å². The van der Waals surface area contributed by atoms with Crippen LogP contribution in [0.1, 0.15) is 48.0 Å². The van der Waals surface area contributed by atoms with Crippen molar-refractivity contribution in [2.75, 3.05) is 5.32 Å². The lowest BCUT2D eigenvalue weighted by atomic mass is 9.72. The largest absolute Gasteiger partial charge is 0.321 e. The zero-order valence-corrected chi connectivity index (χ0v) is 16.4. The van der Waals surface area contributed by atoms with Crippen LogP contribution in [0.2, 0.25) is 10.0 Å². The minimum atomic E-state index is -0.0917. The highest BCUT2D eigenvalue weighted by atomic mass is 35.5. The lowest BCUT2D eigenvalue weighted by Gasteiger charge is -2.34. The van der Waals surface area contributed by atoms with Gasteiger partial charge in [0.2, 0.25) is 0 Å². The molecule has 2 aromatic rings. The summed E-state index contributed by atoms with van der Waals surface area (Å²) in [5, 5.41) is 5.90. The van der Waals surface area contributed by atoms with Crippen LogP contribution >= 0.6 is 34.5 Å². The number of hydrogen-bond acceptors (Lipinski definition) is 2. The molecule has 0 saturated carbocycles. The molecule has 1 unspecified atom stereocenters. The van der Waals surface area contributed by atoms with Gasteiger partial charge in [-0.1, -0.05) is 44.0 Å². The van der Waals surface area contributed by atoms with E-state index in [4.69, 9.17) is 23.2 Å². The summed E-state index contributed by atoms with van der Waals surface area (Å²) in [4.78, 5) is 14.0. The molecule has 24 heavy (non-hydrogen) atoms. The molecule has 0 radical (unpaired) electrons. The first-order valence-electron chi connectivity index (χ1n) is 8.11. The Morgan fingerprint density at radius 3 is 2.71 bits per heavy atom. The summed E-state index contributed by atoms with van der Waals surface area (Å²) in [6.45, 7) is 6.89. The Hall–Kier alpha value is -1.03. The molecule has 0 aliphatic heterocycles. The van der Waals surface area contributed by atoms with E-state index in [0.717, 1.165) is 24.8 Å². The average Bonchev–Trinajstić information content (AvgIpc) is 2.92. The third kappa shape index (κ3) is 3.63. The van der Waals surface area contributed by atoms with E-state index in [1.807, 2.05) is 5.38 Å². The number of thiophene rings is 1. The normalized spacial score (nSPS) is 17.5. The van der Waals surface area contributed by atoms with Gasteiger partial charge < -0.3 is 5.32 Å². The van der Waals surface area contributed by atoms with Crippen LogP contribution in [-0.4, -0.2) is 5.91 Å². The van der Waals surface area contributed by atoms with Crippen LogP contribution in [0.15, 0.2) is 23.6 Å². The van der Waals surface area contributed by atoms with Gasteiger partial charge in [0.15, 0.2) is 0 Å². The fraction of sp³-hybridized carbons (Fsp3) is 0.421. The fourth-order valence-corrected chi connectivity index (χ4v) is 4.84. The van der Waals surface area contributed by atoms with Crippen LogP contribution in [0.25, 0.3) is 0 Å². The van der Waals surface area contributed by atoms with Gasteiger partial charge in [-0.3, -0.25) is 4.79 Å². The molecule has 1 aromatic heterocycles. The summed E-state index contributed by atoms with van der Waals surface area (Å²) >= 11 is 13.8. The van der Waals surface area contributed by atoms with Gasteiger partial charge in [0.1, 0.15) is 0 Å². The number of rotatable bonds is 2. The third-order valence-electron chi connectivity index (χ3n) is 4.80. The topological polar surface area (TPSA) is 29.1 Å². The summed E-state index contributed by atoms with van der Waals surface area (Å²) in [5.41, 5.74) is 2.90. The molecule has 1 aromatic carbocycles. The van der Waals surface area contributed by atoms with Crippen molar-refractivity contribution in [3.8, 4) is 0 Å². The molecule has 1 amide bonds. The maximum atomic E-state index is 12.7. The monoisotopic (exact) mass is 381 g/mol. The van der Waals surface area contributed by atoms with Crippen LogP contribution < -0.4 is 5.32 Å². The Bertz CT molecular complexity index is 776. The van der Waals surface area contributed by atoms with Gasteiger partial charge >= 0.3 is 0 Å². The first kappa shape index (κ1) is 17.8. The number of fused-ring (bicyclic) bond motifs is 1. The molecule has 3 rings (SSSR count). The Kier molecular flexibility index (Phi) is 4.96. The van der Waals surface area contributed by atoms with Gasteiger partial charge in [-0.25, -0.2) is 0 Å². The molecule has 0 fully saturated rings. The number of benzene rings is 1. The van der Waals surface area contributed by atoms with Gasteiger partial charge in [-0.15, -0.1) is 11.3 Å². The molecule has 1 heterocycles. The second-order valence-corrected chi connectivity index (χ2v) is 9.24. The maximum Gasteiger partial charge on any atom is 0.256 e. The van der Waals surface area contributed by atoms with E-state index < -0.39 is 0 Å². The second kappa shape index (κ2) is 6.70. The van der Waals surface area contributed by atoms with Gasteiger partial charge in [0, 0.05) is 15.3 Å². The fourth-order valence-electron chi connectivity index (χ4n) is 3.22. The molecule has 2 nitrogen and oxygen atoms in total. The molecule has 0 bridgehead atoms. The summed E-state index contributed by atoms with van der Waals surface area (Å²) in [7, 11) is 0. The lowest BCUT2D eigenvalue weighted by molar-refractivity contribution is 0.102. The van der Waals surface area contributed by atoms with E-state index in [9.17, 15) is 4.79 Å². The molecular formula is C19H21Cl2NOS. The molecule has 1 aliphatic carbocycles.